The molecule has 0 aliphatic heterocycles. The van der Waals surface area contributed by atoms with Crippen molar-refractivity contribution in [2.75, 3.05) is 14.2 Å². The first kappa shape index (κ1) is 15.6. The molecule has 4 amide bonds. The first-order chi connectivity index (χ1) is 9.10. The Morgan fingerprint density at radius 3 is 2.42 bits per heavy atom. The van der Waals surface area contributed by atoms with Crippen LogP contribution >= 0.6 is 11.9 Å². The number of imide groups is 1. The van der Waals surface area contributed by atoms with Crippen molar-refractivity contribution in [2.24, 2.45) is 0 Å². The van der Waals surface area contributed by atoms with Crippen LogP contribution in [0.15, 0.2) is 0 Å². The zero-order valence-corrected chi connectivity index (χ0v) is 12.0. The Morgan fingerprint density at radius 1 is 1.26 bits per heavy atom. The molecule has 7 nitrogen and oxygen atoms in total. The molecule has 3 N–H and O–H groups in total. The van der Waals surface area contributed by atoms with Gasteiger partial charge in [-0.25, -0.2) is 9.59 Å². The maximum Gasteiger partial charge on any atom is 0.343 e. The first-order valence-electron chi connectivity index (χ1n) is 6.20. The van der Waals surface area contributed by atoms with Crippen LogP contribution in [-0.4, -0.2) is 42.4 Å². The highest BCUT2D eigenvalue weighted by atomic mass is 32.2. The number of amides is 4. The van der Waals surface area contributed by atoms with Gasteiger partial charge in [-0.1, -0.05) is 19.3 Å². The summed E-state index contributed by atoms with van der Waals surface area (Å²) in [7, 11) is 2.62. The molecule has 1 fully saturated rings. The maximum absolute atomic E-state index is 11.9. The standard InChI is InChI=1S/C11H20N4O3S/c1-13-10(16)15(9(12)18-2)11(17)14-19-8-6-4-3-5-7-8/h8,12H,3-7H2,1-2H3,(H,13,16)(H,14,17). The van der Waals surface area contributed by atoms with Crippen molar-refractivity contribution >= 4 is 30.0 Å². The second-order valence-corrected chi connectivity index (χ2v) is 5.29. The lowest BCUT2D eigenvalue weighted by molar-refractivity contribution is 0.199. The molecule has 0 atom stereocenters. The van der Waals surface area contributed by atoms with E-state index in [-0.39, 0.29) is 0 Å². The van der Waals surface area contributed by atoms with E-state index < -0.39 is 18.1 Å². The summed E-state index contributed by atoms with van der Waals surface area (Å²) < 4.78 is 7.23. The molecule has 19 heavy (non-hydrogen) atoms. The summed E-state index contributed by atoms with van der Waals surface area (Å²) in [6.07, 6.45) is 5.70. The van der Waals surface area contributed by atoms with Gasteiger partial charge in [-0.15, -0.1) is 0 Å². The number of methoxy groups -OCH3 is 1. The minimum atomic E-state index is -0.700. The Kier molecular flexibility index (Phi) is 6.48. The summed E-state index contributed by atoms with van der Waals surface area (Å²) in [5, 5.41) is 10.1. The number of hydrogen-bond donors (Lipinski definition) is 3. The fraction of sp³-hybridized carbons (Fsp3) is 0.727. The van der Waals surface area contributed by atoms with Gasteiger partial charge in [-0.2, -0.15) is 4.90 Å². The average molecular weight is 288 g/mol. The van der Waals surface area contributed by atoms with Crippen LogP contribution < -0.4 is 10.0 Å². The van der Waals surface area contributed by atoms with Gasteiger partial charge in [0.05, 0.1) is 7.11 Å². The molecule has 1 aliphatic rings. The van der Waals surface area contributed by atoms with Gasteiger partial charge >= 0.3 is 18.1 Å². The van der Waals surface area contributed by atoms with Crippen molar-refractivity contribution in [1.29, 1.82) is 5.41 Å². The summed E-state index contributed by atoms with van der Waals surface area (Å²) in [4.78, 5) is 24.0. The van der Waals surface area contributed by atoms with Crippen LogP contribution in [0.5, 0.6) is 0 Å². The highest BCUT2D eigenvalue weighted by Gasteiger charge is 2.27. The van der Waals surface area contributed by atoms with E-state index in [1.807, 2.05) is 0 Å². The molecule has 1 saturated carbocycles. The van der Waals surface area contributed by atoms with Gasteiger partial charge in [-0.05, 0) is 24.8 Å². The smallest absolute Gasteiger partial charge is 0.343 e. The van der Waals surface area contributed by atoms with Gasteiger partial charge < -0.3 is 10.1 Å². The highest BCUT2D eigenvalue weighted by molar-refractivity contribution is 7.98. The fourth-order valence-electron chi connectivity index (χ4n) is 1.84. The van der Waals surface area contributed by atoms with E-state index in [4.69, 9.17) is 5.41 Å². The van der Waals surface area contributed by atoms with E-state index in [1.54, 1.807) is 0 Å². The minimum absolute atomic E-state index is 0.376. The van der Waals surface area contributed by atoms with Gasteiger partial charge in [0, 0.05) is 12.3 Å². The SMILES string of the molecule is CNC(=O)N(C(=N)OC)C(=O)NSC1CCCCC1. The van der Waals surface area contributed by atoms with Gasteiger partial charge in [0.1, 0.15) is 0 Å². The Labute approximate surface area is 117 Å². The van der Waals surface area contributed by atoms with E-state index in [0.717, 1.165) is 12.8 Å². The number of nitrogens with one attached hydrogen (secondary N) is 3. The van der Waals surface area contributed by atoms with Crippen LogP contribution in [0.2, 0.25) is 0 Å². The van der Waals surface area contributed by atoms with Crippen molar-refractivity contribution < 1.29 is 14.3 Å². The third-order valence-corrected chi connectivity index (χ3v) is 3.98. The van der Waals surface area contributed by atoms with E-state index in [2.05, 4.69) is 14.8 Å². The second-order valence-electron chi connectivity index (χ2n) is 4.18. The molecule has 0 radical (unpaired) electrons. The van der Waals surface area contributed by atoms with Crippen molar-refractivity contribution in [3.63, 3.8) is 0 Å². The first-order valence-corrected chi connectivity index (χ1v) is 7.08. The zero-order valence-electron chi connectivity index (χ0n) is 11.2. The minimum Gasteiger partial charge on any atom is -0.468 e. The lowest BCUT2D eigenvalue weighted by Gasteiger charge is -2.23. The molecule has 8 heteroatoms. The molecule has 1 aliphatic carbocycles. The third-order valence-electron chi connectivity index (χ3n) is 2.88. The number of hydrogen-bond acceptors (Lipinski definition) is 5. The molecule has 0 heterocycles. The Bertz CT molecular complexity index is 329. The quantitative estimate of drug-likeness (QED) is 0.411. The topological polar surface area (TPSA) is 94.5 Å². The van der Waals surface area contributed by atoms with E-state index in [9.17, 15) is 9.59 Å². The Hall–Kier alpha value is -1.44. The molecule has 0 spiro atoms. The molecule has 0 unspecified atom stereocenters. The lowest BCUT2D eigenvalue weighted by Crippen LogP contribution is -2.50. The third kappa shape index (κ3) is 4.62. The number of nitrogens with zero attached hydrogens (tertiary/aromatic N) is 1. The Balaban J connectivity index is 2.51. The molecule has 1 rings (SSSR count). The van der Waals surface area contributed by atoms with E-state index in [0.29, 0.717) is 10.1 Å². The molecular formula is C11H20N4O3S. The van der Waals surface area contributed by atoms with Crippen LogP contribution in [0.1, 0.15) is 32.1 Å². The van der Waals surface area contributed by atoms with Gasteiger partial charge in [0.15, 0.2) is 0 Å². The molecule has 0 saturated heterocycles. The fourth-order valence-corrected chi connectivity index (χ4v) is 2.77. The highest BCUT2D eigenvalue weighted by Crippen LogP contribution is 2.26. The van der Waals surface area contributed by atoms with Crippen LogP contribution in [0.25, 0.3) is 0 Å². The maximum atomic E-state index is 11.9. The molecule has 0 aromatic heterocycles. The predicted molar refractivity (Wildman–Crippen MR) is 74.0 cm³/mol. The van der Waals surface area contributed by atoms with Gasteiger partial charge in [0.25, 0.3) is 0 Å². The van der Waals surface area contributed by atoms with Crippen LogP contribution in [-0.2, 0) is 4.74 Å². The van der Waals surface area contributed by atoms with Gasteiger partial charge in [0.2, 0.25) is 0 Å². The number of carbonyl (C=O) groups is 2. The summed E-state index contributed by atoms with van der Waals surface area (Å²) in [6, 6.07) is -1.88. The second kappa shape index (κ2) is 7.88. The van der Waals surface area contributed by atoms with Crippen molar-refractivity contribution in [1.82, 2.24) is 14.9 Å². The van der Waals surface area contributed by atoms with Crippen LogP contribution in [0.3, 0.4) is 0 Å². The summed E-state index contributed by atoms with van der Waals surface area (Å²) in [5.74, 6) is 0. The largest absolute Gasteiger partial charge is 0.468 e. The van der Waals surface area contributed by atoms with Crippen LogP contribution in [0, 0.1) is 5.41 Å². The van der Waals surface area contributed by atoms with Crippen molar-refractivity contribution in [3.8, 4) is 0 Å². The number of rotatable bonds is 2. The summed E-state index contributed by atoms with van der Waals surface area (Å²) in [6.45, 7) is 0. The monoisotopic (exact) mass is 288 g/mol. The predicted octanol–water partition coefficient (Wildman–Crippen LogP) is 1.90. The summed E-state index contributed by atoms with van der Waals surface area (Å²) >= 11 is 1.32. The molecule has 0 aromatic rings. The number of amidine groups is 1. The molecule has 0 bridgehead atoms. The number of urea groups is 2. The average Bonchev–Trinajstić information content (AvgIpc) is 2.45. The van der Waals surface area contributed by atoms with Crippen molar-refractivity contribution in [3.05, 3.63) is 0 Å². The molecule has 0 aromatic carbocycles. The van der Waals surface area contributed by atoms with Gasteiger partial charge in [-0.3, -0.25) is 10.1 Å². The molecule has 108 valence electrons. The van der Waals surface area contributed by atoms with Crippen LogP contribution in [0.4, 0.5) is 9.59 Å². The zero-order chi connectivity index (χ0) is 14.3. The Morgan fingerprint density at radius 2 is 1.89 bits per heavy atom. The lowest BCUT2D eigenvalue weighted by atomic mass is 10.0. The van der Waals surface area contributed by atoms with Crippen molar-refractivity contribution in [2.45, 2.75) is 37.4 Å². The molecular weight excluding hydrogens is 268 g/mol. The van der Waals surface area contributed by atoms with E-state index in [1.165, 1.54) is 45.4 Å². The summed E-state index contributed by atoms with van der Waals surface area (Å²) in [5.41, 5.74) is 0. The van der Waals surface area contributed by atoms with E-state index >= 15 is 0 Å². The number of ether oxygens (including phenoxy) is 1. The normalized spacial score (nSPS) is 15.5. The number of carbonyl (C=O) groups excluding carboxylic acids is 2.